The molecule has 0 aliphatic carbocycles. The Bertz CT molecular complexity index is 1000. The smallest absolute Gasteiger partial charge is 0.266 e. The second-order valence-corrected chi connectivity index (χ2v) is 7.39. The molecule has 0 bridgehead atoms. The van der Waals surface area contributed by atoms with Crippen molar-refractivity contribution in [2.75, 3.05) is 0 Å². The number of H-pyrrole nitrogens is 1. The first kappa shape index (κ1) is 15.6. The van der Waals surface area contributed by atoms with Crippen LogP contribution in [0.2, 0.25) is 0 Å². The van der Waals surface area contributed by atoms with Crippen LogP contribution in [0, 0.1) is 13.8 Å². The van der Waals surface area contributed by atoms with E-state index in [0.29, 0.717) is 14.8 Å². The lowest BCUT2D eigenvalue weighted by Crippen LogP contribution is -2.19. The number of ketones is 1. The predicted octanol–water partition coefficient (Wildman–Crippen LogP) is 2.61. The number of Topliss-reactive ketones (excluding diaryl/α,β-unsaturated/α-hetero) is 1. The van der Waals surface area contributed by atoms with Crippen molar-refractivity contribution in [1.29, 1.82) is 0 Å². The second-order valence-electron chi connectivity index (χ2n) is 5.33. The van der Waals surface area contributed by atoms with E-state index < -0.39 is 0 Å². The molecule has 0 atom stereocenters. The van der Waals surface area contributed by atoms with Crippen LogP contribution in [-0.2, 0) is 0 Å². The van der Waals surface area contributed by atoms with Gasteiger partial charge in [-0.3, -0.25) is 9.59 Å². The van der Waals surface area contributed by atoms with Crippen molar-refractivity contribution in [3.8, 4) is 0 Å². The van der Waals surface area contributed by atoms with E-state index in [9.17, 15) is 9.59 Å². The number of thiophene rings is 1. The lowest BCUT2D eigenvalue weighted by molar-refractivity contribution is 0.106. The molecular weight excluding hydrogens is 326 g/mol. The zero-order valence-electron chi connectivity index (χ0n) is 12.8. The maximum absolute atomic E-state index is 12.4. The highest BCUT2D eigenvalue weighted by atomic mass is 32.1. The normalized spacial score (nSPS) is 12.8. The summed E-state index contributed by atoms with van der Waals surface area (Å²) in [7, 11) is 0. The number of hydrogen-bond donors (Lipinski definition) is 1. The summed E-state index contributed by atoms with van der Waals surface area (Å²) >= 11 is 2.87. The van der Waals surface area contributed by atoms with Gasteiger partial charge in [-0.05, 0) is 43.5 Å². The summed E-state index contributed by atoms with van der Waals surface area (Å²) in [6, 6.07) is 9.63. The molecule has 23 heavy (non-hydrogen) atoms. The van der Waals surface area contributed by atoms with E-state index in [0.717, 1.165) is 16.0 Å². The van der Waals surface area contributed by atoms with Gasteiger partial charge in [0.25, 0.3) is 5.56 Å². The largest absolute Gasteiger partial charge is 0.313 e. The molecule has 0 saturated carbocycles. The highest BCUT2D eigenvalue weighted by Gasteiger charge is 2.05. The first-order valence-corrected chi connectivity index (χ1v) is 8.79. The standard InChI is InChI=1S/C18H15NO2S2/c1-11-6-12(2)8-13(7-11)15(20)10-17-19-18(21)16(23-17)9-14-4-3-5-22-14/h3-10H,1-2H3,(H,19,21)/b16-9+,17-10+. The molecule has 1 N–H and O–H groups in total. The lowest BCUT2D eigenvalue weighted by Gasteiger charge is -2.00. The van der Waals surface area contributed by atoms with Crippen LogP contribution in [0.5, 0.6) is 0 Å². The first-order valence-electron chi connectivity index (χ1n) is 7.10. The van der Waals surface area contributed by atoms with Gasteiger partial charge < -0.3 is 4.98 Å². The topological polar surface area (TPSA) is 49.9 Å². The van der Waals surface area contributed by atoms with Crippen LogP contribution < -0.4 is 14.8 Å². The molecule has 1 aromatic carbocycles. The quantitative estimate of drug-likeness (QED) is 0.745. The maximum atomic E-state index is 12.4. The Morgan fingerprint density at radius 1 is 1.17 bits per heavy atom. The maximum Gasteiger partial charge on any atom is 0.266 e. The monoisotopic (exact) mass is 341 g/mol. The summed E-state index contributed by atoms with van der Waals surface area (Å²) in [6.45, 7) is 3.93. The first-order chi connectivity index (χ1) is 11.0. The van der Waals surface area contributed by atoms with Crippen LogP contribution in [0.1, 0.15) is 26.4 Å². The second kappa shape index (κ2) is 6.48. The average molecular weight is 341 g/mol. The molecule has 0 fully saturated rings. The SMILES string of the molecule is Cc1cc(C)cc(C(=O)/C=c2\[nH]c(=O)/c(=C\c3cccs3)s2)c1. The average Bonchev–Trinajstić information content (AvgIpc) is 3.09. The van der Waals surface area contributed by atoms with Gasteiger partial charge in [0.05, 0.1) is 9.20 Å². The van der Waals surface area contributed by atoms with Crippen molar-refractivity contribution < 1.29 is 4.79 Å². The molecule has 2 heterocycles. The van der Waals surface area contributed by atoms with Crippen LogP contribution in [0.3, 0.4) is 0 Å². The van der Waals surface area contributed by atoms with E-state index >= 15 is 0 Å². The van der Waals surface area contributed by atoms with Gasteiger partial charge in [-0.25, -0.2) is 0 Å². The number of carbonyl (C=O) groups is 1. The van der Waals surface area contributed by atoms with E-state index in [1.807, 2.05) is 55.6 Å². The highest BCUT2D eigenvalue weighted by Crippen LogP contribution is 2.10. The Kier molecular flexibility index (Phi) is 4.41. The Hall–Kier alpha value is -2.24. The molecule has 2 aromatic heterocycles. The van der Waals surface area contributed by atoms with E-state index in [2.05, 4.69) is 4.98 Å². The van der Waals surface area contributed by atoms with Gasteiger partial charge in [0.15, 0.2) is 5.78 Å². The van der Waals surface area contributed by atoms with Crippen LogP contribution >= 0.6 is 22.7 Å². The van der Waals surface area contributed by atoms with E-state index in [1.165, 1.54) is 17.4 Å². The molecule has 0 aliphatic rings. The molecule has 0 spiro atoms. The minimum atomic E-state index is -0.164. The van der Waals surface area contributed by atoms with Gasteiger partial charge >= 0.3 is 0 Å². The molecule has 0 unspecified atom stereocenters. The molecule has 0 aliphatic heterocycles. The van der Waals surface area contributed by atoms with Crippen LogP contribution in [-0.4, -0.2) is 10.8 Å². The van der Waals surface area contributed by atoms with Crippen LogP contribution in [0.15, 0.2) is 40.5 Å². The third-order valence-electron chi connectivity index (χ3n) is 3.27. The van der Waals surface area contributed by atoms with E-state index in [-0.39, 0.29) is 11.3 Å². The molecule has 3 nitrogen and oxygen atoms in total. The molecule has 0 saturated heterocycles. The molecule has 5 heteroatoms. The number of nitrogens with one attached hydrogen (secondary N) is 1. The number of benzene rings is 1. The number of aromatic nitrogens is 1. The van der Waals surface area contributed by atoms with Crippen molar-refractivity contribution in [2.45, 2.75) is 13.8 Å². The summed E-state index contributed by atoms with van der Waals surface area (Å²) in [6.07, 6.45) is 3.33. The van der Waals surface area contributed by atoms with Crippen molar-refractivity contribution in [2.24, 2.45) is 0 Å². The predicted molar refractivity (Wildman–Crippen MR) is 96.8 cm³/mol. The van der Waals surface area contributed by atoms with Gasteiger partial charge in [-0.1, -0.05) is 23.3 Å². The van der Waals surface area contributed by atoms with Crippen molar-refractivity contribution in [3.63, 3.8) is 0 Å². The minimum absolute atomic E-state index is 0.100. The molecule has 3 rings (SSSR count). The summed E-state index contributed by atoms with van der Waals surface area (Å²) in [5.41, 5.74) is 2.57. The Labute approximate surface area is 141 Å². The van der Waals surface area contributed by atoms with Gasteiger partial charge in [0.1, 0.15) is 0 Å². The Morgan fingerprint density at radius 2 is 1.91 bits per heavy atom. The lowest BCUT2D eigenvalue weighted by atomic mass is 10.0. The number of aromatic amines is 1. The number of rotatable bonds is 3. The summed E-state index contributed by atoms with van der Waals surface area (Å²) < 4.78 is 1.17. The zero-order valence-corrected chi connectivity index (χ0v) is 14.4. The van der Waals surface area contributed by atoms with E-state index in [1.54, 1.807) is 11.3 Å². The Morgan fingerprint density at radius 3 is 2.57 bits per heavy atom. The summed E-state index contributed by atoms with van der Waals surface area (Å²) in [5, 5.41) is 1.96. The van der Waals surface area contributed by atoms with Crippen LogP contribution in [0.25, 0.3) is 12.2 Å². The van der Waals surface area contributed by atoms with Gasteiger partial charge in [0, 0.05) is 16.5 Å². The summed E-state index contributed by atoms with van der Waals surface area (Å²) in [5.74, 6) is -0.100. The fraction of sp³-hybridized carbons (Fsp3) is 0.111. The third-order valence-corrected chi connectivity index (χ3v) is 5.05. The fourth-order valence-corrected chi connectivity index (χ4v) is 3.95. The van der Waals surface area contributed by atoms with Gasteiger partial charge in [0.2, 0.25) is 0 Å². The molecule has 0 amide bonds. The van der Waals surface area contributed by atoms with Crippen molar-refractivity contribution in [3.05, 3.63) is 76.8 Å². The summed E-state index contributed by atoms with van der Waals surface area (Å²) in [4.78, 5) is 28.1. The molecule has 0 radical (unpaired) electrons. The Balaban J connectivity index is 2.00. The van der Waals surface area contributed by atoms with Crippen LogP contribution in [0.4, 0.5) is 0 Å². The number of aryl methyl sites for hydroxylation is 2. The fourth-order valence-electron chi connectivity index (χ4n) is 2.35. The highest BCUT2D eigenvalue weighted by molar-refractivity contribution is 7.11. The minimum Gasteiger partial charge on any atom is -0.313 e. The van der Waals surface area contributed by atoms with E-state index in [4.69, 9.17) is 0 Å². The molecular formula is C18H15NO2S2. The molecule has 116 valence electrons. The van der Waals surface area contributed by atoms with Gasteiger partial charge in [-0.2, -0.15) is 0 Å². The molecule has 3 aromatic rings. The number of carbonyl (C=O) groups excluding carboxylic acids is 1. The third kappa shape index (κ3) is 3.75. The number of hydrogen-bond acceptors (Lipinski definition) is 4. The number of thiazole rings is 1. The van der Waals surface area contributed by atoms with Gasteiger partial charge in [-0.15, -0.1) is 22.7 Å². The van der Waals surface area contributed by atoms with Crippen molar-refractivity contribution >= 4 is 40.6 Å². The van der Waals surface area contributed by atoms with Crippen molar-refractivity contribution in [1.82, 2.24) is 4.98 Å². The zero-order chi connectivity index (χ0) is 16.4.